The van der Waals surface area contributed by atoms with Crippen LogP contribution < -0.4 is 5.56 Å². The summed E-state index contributed by atoms with van der Waals surface area (Å²) in [6.07, 6.45) is 3.11. The molecule has 1 aliphatic heterocycles. The summed E-state index contributed by atoms with van der Waals surface area (Å²) in [5.74, 6) is -0.260. The summed E-state index contributed by atoms with van der Waals surface area (Å²) >= 11 is 0. The molecule has 0 aliphatic carbocycles. The molecule has 1 aromatic carbocycles. The van der Waals surface area contributed by atoms with Crippen molar-refractivity contribution in [1.82, 2.24) is 13.8 Å². The maximum atomic E-state index is 12.5. The number of aryl methyl sites for hydroxylation is 1. The van der Waals surface area contributed by atoms with Gasteiger partial charge in [-0.25, -0.2) is 8.42 Å². The Kier molecular flexibility index (Phi) is 5.57. The molecule has 0 radical (unpaired) electrons. The van der Waals surface area contributed by atoms with Crippen molar-refractivity contribution in [3.05, 3.63) is 75.6 Å². The molecule has 0 saturated carbocycles. The van der Waals surface area contributed by atoms with Crippen LogP contribution in [0.1, 0.15) is 15.9 Å². The number of carbonyl (C=O) groups excluding carboxylic acids is 1. The van der Waals surface area contributed by atoms with Gasteiger partial charge in [-0.1, -0.05) is 30.3 Å². The maximum Gasteiger partial charge on any atom is 0.254 e. The zero-order valence-corrected chi connectivity index (χ0v) is 15.8. The van der Waals surface area contributed by atoms with Crippen molar-refractivity contribution in [1.29, 1.82) is 0 Å². The lowest BCUT2D eigenvalue weighted by Crippen LogP contribution is -2.50. The third kappa shape index (κ3) is 4.53. The molecule has 0 spiro atoms. The van der Waals surface area contributed by atoms with Crippen LogP contribution in [0.15, 0.2) is 58.9 Å². The maximum absolute atomic E-state index is 12.5. The fourth-order valence-corrected chi connectivity index (χ4v) is 4.00. The van der Waals surface area contributed by atoms with Crippen LogP contribution in [-0.2, 0) is 17.1 Å². The van der Waals surface area contributed by atoms with Crippen molar-refractivity contribution in [2.45, 2.75) is 0 Å². The molecule has 8 heteroatoms. The zero-order chi connectivity index (χ0) is 19.4. The second-order valence-corrected chi connectivity index (χ2v) is 8.13. The number of pyridine rings is 1. The normalized spacial score (nSPS) is 16.0. The first kappa shape index (κ1) is 19.1. The van der Waals surface area contributed by atoms with Gasteiger partial charge in [0.05, 0.1) is 0 Å². The van der Waals surface area contributed by atoms with Crippen molar-refractivity contribution in [2.75, 3.05) is 26.2 Å². The Morgan fingerprint density at radius 1 is 1.04 bits per heavy atom. The number of hydrogen-bond donors (Lipinski definition) is 0. The molecule has 2 heterocycles. The molecule has 0 atom stereocenters. The van der Waals surface area contributed by atoms with Crippen molar-refractivity contribution >= 4 is 22.0 Å². The van der Waals surface area contributed by atoms with Gasteiger partial charge in [0.25, 0.3) is 11.5 Å². The van der Waals surface area contributed by atoms with Gasteiger partial charge in [0.2, 0.25) is 10.0 Å². The average molecular weight is 387 g/mol. The molecule has 0 unspecified atom stereocenters. The standard InChI is InChI=1S/C19H21N3O4S/c1-20-9-7-17(15-18(20)23)19(24)21-10-12-22(13-11-21)27(25,26)14-8-16-5-3-2-4-6-16/h2-9,14-15H,10-13H2,1H3/b14-8+. The first-order valence-electron chi connectivity index (χ1n) is 8.56. The summed E-state index contributed by atoms with van der Waals surface area (Å²) < 4.78 is 27.7. The molecule has 1 fully saturated rings. The van der Waals surface area contributed by atoms with Crippen LogP contribution in [0.25, 0.3) is 6.08 Å². The highest BCUT2D eigenvalue weighted by Gasteiger charge is 2.27. The molecule has 3 rings (SSSR count). The number of amides is 1. The van der Waals surface area contributed by atoms with E-state index in [-0.39, 0.29) is 37.6 Å². The molecule has 142 valence electrons. The van der Waals surface area contributed by atoms with Gasteiger partial charge in [-0.2, -0.15) is 4.31 Å². The third-order valence-electron chi connectivity index (χ3n) is 4.47. The highest BCUT2D eigenvalue weighted by Crippen LogP contribution is 2.13. The highest BCUT2D eigenvalue weighted by molar-refractivity contribution is 7.92. The van der Waals surface area contributed by atoms with Gasteiger partial charge in [0.1, 0.15) is 0 Å². The van der Waals surface area contributed by atoms with Gasteiger partial charge < -0.3 is 9.47 Å². The highest BCUT2D eigenvalue weighted by atomic mass is 32.2. The lowest BCUT2D eigenvalue weighted by Gasteiger charge is -2.33. The van der Waals surface area contributed by atoms with E-state index >= 15 is 0 Å². The van der Waals surface area contributed by atoms with E-state index in [1.165, 1.54) is 20.3 Å². The van der Waals surface area contributed by atoms with Crippen LogP contribution in [0.3, 0.4) is 0 Å². The number of benzene rings is 1. The van der Waals surface area contributed by atoms with E-state index in [9.17, 15) is 18.0 Å². The van der Waals surface area contributed by atoms with Crippen molar-refractivity contribution < 1.29 is 13.2 Å². The number of piperazine rings is 1. The molecular formula is C19H21N3O4S. The lowest BCUT2D eigenvalue weighted by atomic mass is 10.2. The van der Waals surface area contributed by atoms with Gasteiger partial charge in [-0.15, -0.1) is 0 Å². The average Bonchev–Trinajstić information content (AvgIpc) is 2.69. The third-order valence-corrected chi connectivity index (χ3v) is 6.03. The molecule has 0 bridgehead atoms. The number of rotatable bonds is 4. The molecule has 1 aromatic heterocycles. The van der Waals surface area contributed by atoms with Crippen LogP contribution in [0.2, 0.25) is 0 Å². The predicted octanol–water partition coefficient (Wildman–Crippen LogP) is 1.14. The van der Waals surface area contributed by atoms with E-state index in [0.717, 1.165) is 5.56 Å². The summed E-state index contributed by atoms with van der Waals surface area (Å²) in [5.41, 5.74) is 0.868. The van der Waals surface area contributed by atoms with E-state index < -0.39 is 10.0 Å². The van der Waals surface area contributed by atoms with Crippen LogP contribution in [0, 0.1) is 0 Å². The second-order valence-electron chi connectivity index (χ2n) is 6.31. The van der Waals surface area contributed by atoms with Gasteiger partial charge in [-0.3, -0.25) is 9.59 Å². The topological polar surface area (TPSA) is 79.7 Å². The Morgan fingerprint density at radius 3 is 2.33 bits per heavy atom. The molecular weight excluding hydrogens is 366 g/mol. The lowest BCUT2D eigenvalue weighted by molar-refractivity contribution is 0.0698. The Bertz CT molecular complexity index is 1000. The Balaban J connectivity index is 1.64. The summed E-state index contributed by atoms with van der Waals surface area (Å²) in [6, 6.07) is 12.1. The monoisotopic (exact) mass is 387 g/mol. The molecule has 1 amide bonds. The number of carbonyl (C=O) groups is 1. The Hall–Kier alpha value is -2.71. The minimum Gasteiger partial charge on any atom is -0.336 e. The zero-order valence-electron chi connectivity index (χ0n) is 15.0. The van der Waals surface area contributed by atoms with Crippen LogP contribution >= 0.6 is 0 Å². The molecule has 1 saturated heterocycles. The van der Waals surface area contributed by atoms with E-state index in [2.05, 4.69) is 0 Å². The minimum atomic E-state index is -3.55. The van der Waals surface area contributed by atoms with Crippen LogP contribution in [0.4, 0.5) is 0 Å². The minimum absolute atomic E-state index is 0.220. The van der Waals surface area contributed by atoms with Gasteiger partial charge in [0, 0.05) is 56.5 Å². The van der Waals surface area contributed by atoms with Gasteiger partial charge in [-0.05, 0) is 17.7 Å². The number of nitrogens with zero attached hydrogens (tertiary/aromatic N) is 3. The molecule has 1 aliphatic rings. The SMILES string of the molecule is Cn1ccc(C(=O)N2CCN(S(=O)(=O)/C=C/c3ccccc3)CC2)cc1=O. The number of aromatic nitrogens is 1. The molecule has 0 N–H and O–H groups in total. The van der Waals surface area contributed by atoms with Crippen LogP contribution in [-0.4, -0.2) is 54.3 Å². The van der Waals surface area contributed by atoms with E-state index in [0.29, 0.717) is 5.56 Å². The Morgan fingerprint density at radius 2 is 1.70 bits per heavy atom. The molecule has 27 heavy (non-hydrogen) atoms. The van der Waals surface area contributed by atoms with Crippen molar-refractivity contribution in [3.8, 4) is 0 Å². The van der Waals surface area contributed by atoms with Gasteiger partial charge in [0.15, 0.2) is 0 Å². The van der Waals surface area contributed by atoms with Crippen LogP contribution in [0.5, 0.6) is 0 Å². The number of hydrogen-bond acceptors (Lipinski definition) is 4. The number of sulfonamides is 1. The quantitative estimate of drug-likeness (QED) is 0.788. The summed E-state index contributed by atoms with van der Waals surface area (Å²) in [5, 5.41) is 1.20. The second kappa shape index (κ2) is 7.89. The van der Waals surface area contributed by atoms with Crippen molar-refractivity contribution in [2.24, 2.45) is 7.05 Å². The Labute approximate surface area is 158 Å². The van der Waals surface area contributed by atoms with E-state index in [4.69, 9.17) is 0 Å². The van der Waals surface area contributed by atoms with E-state index in [1.807, 2.05) is 30.3 Å². The smallest absolute Gasteiger partial charge is 0.254 e. The predicted molar refractivity (Wildman–Crippen MR) is 104 cm³/mol. The summed E-state index contributed by atoms with van der Waals surface area (Å²) in [7, 11) is -1.93. The summed E-state index contributed by atoms with van der Waals surface area (Å²) in [4.78, 5) is 25.8. The first-order valence-corrected chi connectivity index (χ1v) is 10.1. The fourth-order valence-electron chi connectivity index (χ4n) is 2.82. The van der Waals surface area contributed by atoms with Crippen molar-refractivity contribution in [3.63, 3.8) is 0 Å². The van der Waals surface area contributed by atoms with Gasteiger partial charge >= 0.3 is 0 Å². The summed E-state index contributed by atoms with van der Waals surface area (Å²) in [6.45, 7) is 1.01. The first-order chi connectivity index (χ1) is 12.9. The largest absolute Gasteiger partial charge is 0.336 e. The fraction of sp³-hybridized carbons (Fsp3) is 0.263. The molecule has 7 nitrogen and oxygen atoms in total. The van der Waals surface area contributed by atoms with E-state index in [1.54, 1.807) is 30.3 Å². The molecule has 2 aromatic rings.